The summed E-state index contributed by atoms with van der Waals surface area (Å²) in [6.45, 7) is 2.06. The van der Waals surface area contributed by atoms with Crippen molar-refractivity contribution in [1.82, 2.24) is 9.78 Å². The lowest BCUT2D eigenvalue weighted by molar-refractivity contribution is 0.895. The van der Waals surface area contributed by atoms with Crippen LogP contribution in [0.25, 0.3) is 16.3 Å². The molecule has 0 atom stereocenters. The van der Waals surface area contributed by atoms with E-state index in [1.807, 2.05) is 35.7 Å². The van der Waals surface area contributed by atoms with Gasteiger partial charge in [-0.1, -0.05) is 23.8 Å². The third-order valence-corrected chi connectivity index (χ3v) is 3.68. The SMILES string of the molecule is Cc1ccc(-n2nc(-c3cccs3)cc2N)cc1. The van der Waals surface area contributed by atoms with Gasteiger partial charge in [-0.25, -0.2) is 4.68 Å². The summed E-state index contributed by atoms with van der Waals surface area (Å²) in [5.41, 5.74) is 9.15. The molecule has 3 aromatic rings. The molecule has 2 aromatic heterocycles. The zero-order valence-electron chi connectivity index (χ0n) is 10.00. The summed E-state index contributed by atoms with van der Waals surface area (Å²) in [6, 6.07) is 14.1. The van der Waals surface area contributed by atoms with Crippen LogP contribution >= 0.6 is 11.3 Å². The predicted molar refractivity (Wildman–Crippen MR) is 76.0 cm³/mol. The minimum atomic E-state index is 0.655. The van der Waals surface area contributed by atoms with E-state index < -0.39 is 0 Å². The van der Waals surface area contributed by atoms with Crippen molar-refractivity contribution in [1.29, 1.82) is 0 Å². The maximum Gasteiger partial charge on any atom is 0.127 e. The summed E-state index contributed by atoms with van der Waals surface area (Å²) in [7, 11) is 0. The van der Waals surface area contributed by atoms with Crippen LogP contribution in [0, 0.1) is 6.92 Å². The minimum absolute atomic E-state index is 0.655. The molecule has 2 heterocycles. The Bertz CT molecular complexity index is 651. The Labute approximate surface area is 109 Å². The standard InChI is InChI=1S/C14H13N3S/c1-10-4-6-11(7-5-10)17-14(15)9-12(16-17)13-3-2-8-18-13/h2-9H,15H2,1H3. The highest BCUT2D eigenvalue weighted by Gasteiger charge is 2.09. The van der Waals surface area contributed by atoms with Crippen molar-refractivity contribution in [3.05, 3.63) is 53.4 Å². The van der Waals surface area contributed by atoms with Crippen LogP contribution in [0.15, 0.2) is 47.8 Å². The van der Waals surface area contributed by atoms with Gasteiger partial charge in [0.05, 0.1) is 10.6 Å². The minimum Gasteiger partial charge on any atom is -0.384 e. The van der Waals surface area contributed by atoms with E-state index in [1.165, 1.54) is 5.56 Å². The van der Waals surface area contributed by atoms with Crippen molar-refractivity contribution in [2.24, 2.45) is 0 Å². The Morgan fingerprint density at radius 2 is 1.94 bits per heavy atom. The summed E-state index contributed by atoms with van der Waals surface area (Å²) in [4.78, 5) is 1.13. The number of thiophene rings is 1. The number of nitrogens with zero attached hydrogens (tertiary/aromatic N) is 2. The number of anilines is 1. The first kappa shape index (κ1) is 11.0. The van der Waals surface area contributed by atoms with Gasteiger partial charge in [-0.2, -0.15) is 5.10 Å². The molecule has 0 radical (unpaired) electrons. The molecule has 0 spiro atoms. The van der Waals surface area contributed by atoms with Crippen molar-refractivity contribution >= 4 is 17.2 Å². The van der Waals surface area contributed by atoms with Gasteiger partial charge in [-0.05, 0) is 30.5 Å². The molecule has 0 bridgehead atoms. The normalized spacial score (nSPS) is 10.7. The summed E-state index contributed by atoms with van der Waals surface area (Å²) in [5.74, 6) is 0.655. The van der Waals surface area contributed by atoms with Crippen molar-refractivity contribution in [2.45, 2.75) is 6.92 Å². The first-order valence-corrected chi connectivity index (χ1v) is 6.58. The number of aromatic nitrogens is 2. The van der Waals surface area contributed by atoms with E-state index in [0.717, 1.165) is 16.3 Å². The average Bonchev–Trinajstić information content (AvgIpc) is 2.99. The Morgan fingerprint density at radius 3 is 2.61 bits per heavy atom. The number of rotatable bonds is 2. The van der Waals surface area contributed by atoms with Crippen LogP contribution in [0.4, 0.5) is 5.82 Å². The second-order valence-electron chi connectivity index (χ2n) is 4.18. The predicted octanol–water partition coefficient (Wildman–Crippen LogP) is 3.49. The van der Waals surface area contributed by atoms with Gasteiger partial charge >= 0.3 is 0 Å². The van der Waals surface area contributed by atoms with Crippen molar-refractivity contribution in [2.75, 3.05) is 5.73 Å². The van der Waals surface area contributed by atoms with Crippen LogP contribution in [0.1, 0.15) is 5.56 Å². The van der Waals surface area contributed by atoms with E-state index in [0.29, 0.717) is 5.82 Å². The van der Waals surface area contributed by atoms with E-state index in [1.54, 1.807) is 16.0 Å². The molecule has 1 aromatic carbocycles. The van der Waals surface area contributed by atoms with Gasteiger partial charge in [0.25, 0.3) is 0 Å². The highest BCUT2D eigenvalue weighted by atomic mass is 32.1. The molecule has 3 nitrogen and oxygen atoms in total. The highest BCUT2D eigenvalue weighted by Crippen LogP contribution is 2.26. The third kappa shape index (κ3) is 1.91. The van der Waals surface area contributed by atoms with Crippen LogP contribution in [-0.4, -0.2) is 9.78 Å². The molecule has 0 aliphatic rings. The number of benzene rings is 1. The molecule has 0 unspecified atom stereocenters. The topological polar surface area (TPSA) is 43.8 Å². The van der Waals surface area contributed by atoms with Gasteiger partial charge in [0.15, 0.2) is 0 Å². The number of hydrogen-bond donors (Lipinski definition) is 1. The molecule has 0 fully saturated rings. The Hall–Kier alpha value is -2.07. The molecule has 0 aliphatic carbocycles. The van der Waals surface area contributed by atoms with Gasteiger partial charge in [0.1, 0.15) is 11.5 Å². The Balaban J connectivity index is 2.06. The molecule has 0 saturated heterocycles. The lowest BCUT2D eigenvalue weighted by Crippen LogP contribution is -2.01. The van der Waals surface area contributed by atoms with Gasteiger partial charge in [0, 0.05) is 6.07 Å². The third-order valence-electron chi connectivity index (χ3n) is 2.79. The van der Waals surface area contributed by atoms with E-state index in [-0.39, 0.29) is 0 Å². The largest absolute Gasteiger partial charge is 0.384 e. The zero-order chi connectivity index (χ0) is 12.5. The molecular formula is C14H13N3S. The molecule has 3 rings (SSSR count). The molecule has 4 heteroatoms. The number of aryl methyl sites for hydroxylation is 1. The van der Waals surface area contributed by atoms with Crippen molar-refractivity contribution in [3.8, 4) is 16.3 Å². The molecule has 0 amide bonds. The molecule has 90 valence electrons. The Morgan fingerprint density at radius 1 is 1.17 bits per heavy atom. The van der Waals surface area contributed by atoms with E-state index in [9.17, 15) is 0 Å². The fourth-order valence-corrected chi connectivity index (χ4v) is 2.51. The van der Waals surface area contributed by atoms with Crippen molar-refractivity contribution in [3.63, 3.8) is 0 Å². The molecule has 18 heavy (non-hydrogen) atoms. The molecular weight excluding hydrogens is 242 g/mol. The summed E-state index contributed by atoms with van der Waals surface area (Å²) >= 11 is 1.66. The summed E-state index contributed by atoms with van der Waals surface area (Å²) < 4.78 is 1.77. The van der Waals surface area contributed by atoms with Crippen LogP contribution in [0.3, 0.4) is 0 Å². The summed E-state index contributed by atoms with van der Waals surface area (Å²) in [6.07, 6.45) is 0. The van der Waals surface area contributed by atoms with E-state index in [2.05, 4.69) is 24.2 Å². The summed E-state index contributed by atoms with van der Waals surface area (Å²) in [5, 5.41) is 6.59. The first-order valence-electron chi connectivity index (χ1n) is 5.70. The molecule has 0 aliphatic heterocycles. The number of hydrogen-bond acceptors (Lipinski definition) is 3. The maximum absolute atomic E-state index is 6.02. The van der Waals surface area contributed by atoms with Gasteiger partial charge in [0.2, 0.25) is 0 Å². The lowest BCUT2D eigenvalue weighted by Gasteiger charge is -2.03. The molecule has 2 N–H and O–H groups in total. The van der Waals surface area contributed by atoms with Crippen LogP contribution in [0.2, 0.25) is 0 Å². The van der Waals surface area contributed by atoms with Crippen LogP contribution in [0.5, 0.6) is 0 Å². The first-order chi connectivity index (χ1) is 8.74. The van der Waals surface area contributed by atoms with E-state index >= 15 is 0 Å². The lowest BCUT2D eigenvalue weighted by atomic mass is 10.2. The smallest absolute Gasteiger partial charge is 0.127 e. The highest BCUT2D eigenvalue weighted by molar-refractivity contribution is 7.13. The fraction of sp³-hybridized carbons (Fsp3) is 0.0714. The monoisotopic (exact) mass is 255 g/mol. The number of nitrogens with two attached hydrogens (primary N) is 1. The maximum atomic E-state index is 6.02. The second-order valence-corrected chi connectivity index (χ2v) is 5.13. The zero-order valence-corrected chi connectivity index (χ0v) is 10.8. The van der Waals surface area contributed by atoms with Crippen molar-refractivity contribution < 1.29 is 0 Å². The second kappa shape index (κ2) is 4.31. The van der Waals surface area contributed by atoms with Crippen LogP contribution in [-0.2, 0) is 0 Å². The van der Waals surface area contributed by atoms with Gasteiger partial charge in [-0.15, -0.1) is 11.3 Å². The van der Waals surface area contributed by atoms with Crippen LogP contribution < -0.4 is 5.73 Å². The molecule has 0 saturated carbocycles. The van der Waals surface area contributed by atoms with Gasteiger partial charge < -0.3 is 5.73 Å². The van der Waals surface area contributed by atoms with E-state index in [4.69, 9.17) is 5.73 Å². The quantitative estimate of drug-likeness (QED) is 0.761. The fourth-order valence-electron chi connectivity index (χ4n) is 1.83. The Kier molecular flexibility index (Phi) is 2.64. The van der Waals surface area contributed by atoms with Gasteiger partial charge in [-0.3, -0.25) is 0 Å². The average molecular weight is 255 g/mol. The number of nitrogen functional groups attached to an aromatic ring is 1.